The first-order valence-electron chi connectivity index (χ1n) is 2.55. The number of primary amides is 1. The maximum absolute atomic E-state index is 10.3. The van der Waals surface area contributed by atoms with Gasteiger partial charge in [-0.2, -0.15) is 0 Å². The van der Waals surface area contributed by atoms with E-state index in [1.165, 1.54) is 0 Å². The molecular weight excluding hydrogens is 136 g/mol. The number of nitrogens with zero attached hydrogens (tertiary/aromatic N) is 2. The number of carbonyl (C=O) groups excluding carboxylic acids is 1. The number of nitrogens with two attached hydrogens (primary N) is 2. The Morgan fingerprint density at radius 3 is 2.70 bits per heavy atom. The molecule has 0 bridgehead atoms. The van der Waals surface area contributed by atoms with Crippen molar-refractivity contribution in [1.82, 2.24) is 10.3 Å². The summed E-state index contributed by atoms with van der Waals surface area (Å²) in [5, 5.41) is 6.60. The largest absolute Gasteiger partial charge is 0.379 e. The molecule has 1 aromatic heterocycles. The molecule has 0 saturated carbocycles. The van der Waals surface area contributed by atoms with Gasteiger partial charge in [-0.05, 0) is 5.16 Å². The summed E-state index contributed by atoms with van der Waals surface area (Å²) in [6.45, 7) is 0. The average molecular weight is 142 g/mol. The van der Waals surface area contributed by atoms with E-state index < -0.39 is 5.91 Å². The Morgan fingerprint density at radius 1 is 1.60 bits per heavy atom. The Morgan fingerprint density at radius 2 is 2.30 bits per heavy atom. The SMILES string of the molecule is NC(=O)Cc1nonc1N. The lowest BCUT2D eigenvalue weighted by Gasteiger charge is -1.86. The number of carbonyl (C=O) groups is 1. The summed E-state index contributed by atoms with van der Waals surface area (Å²) in [6.07, 6.45) is -0.0324. The molecule has 6 heteroatoms. The third kappa shape index (κ3) is 1.22. The second kappa shape index (κ2) is 2.34. The van der Waals surface area contributed by atoms with Crippen LogP contribution in [0.1, 0.15) is 5.69 Å². The second-order valence-electron chi connectivity index (χ2n) is 1.74. The van der Waals surface area contributed by atoms with E-state index in [1.54, 1.807) is 0 Å². The molecule has 6 nitrogen and oxygen atoms in total. The molecular formula is C4H6N4O2. The van der Waals surface area contributed by atoms with Gasteiger partial charge in [-0.25, -0.2) is 4.63 Å². The summed E-state index contributed by atoms with van der Waals surface area (Å²) in [6, 6.07) is 0. The highest BCUT2D eigenvalue weighted by Gasteiger charge is 2.07. The fourth-order valence-corrected chi connectivity index (χ4v) is 0.501. The number of amides is 1. The van der Waals surface area contributed by atoms with Crippen LogP contribution in [0.5, 0.6) is 0 Å². The number of rotatable bonds is 2. The Bertz CT molecular complexity index is 243. The standard InChI is InChI=1S/C4H6N4O2/c5-3(9)1-2-4(6)8-10-7-2/h1H2,(H2,5,9)(H2,6,8). The van der Waals surface area contributed by atoms with Gasteiger partial charge in [0.2, 0.25) is 5.91 Å². The Balaban J connectivity index is 2.74. The molecule has 4 N–H and O–H groups in total. The summed E-state index contributed by atoms with van der Waals surface area (Å²) in [7, 11) is 0. The van der Waals surface area contributed by atoms with E-state index >= 15 is 0 Å². The molecule has 1 rings (SSSR count). The molecule has 0 atom stereocenters. The van der Waals surface area contributed by atoms with Crippen molar-refractivity contribution in [1.29, 1.82) is 0 Å². The van der Waals surface area contributed by atoms with E-state index in [9.17, 15) is 4.79 Å². The Labute approximate surface area is 56.1 Å². The summed E-state index contributed by atoms with van der Waals surface area (Å²) >= 11 is 0. The first kappa shape index (κ1) is 6.53. The van der Waals surface area contributed by atoms with Gasteiger partial charge in [0.15, 0.2) is 5.82 Å². The molecule has 10 heavy (non-hydrogen) atoms. The highest BCUT2D eigenvalue weighted by atomic mass is 16.6. The summed E-state index contributed by atoms with van der Waals surface area (Å²) in [5.74, 6) is -0.402. The Kier molecular flexibility index (Phi) is 1.53. The van der Waals surface area contributed by atoms with E-state index in [-0.39, 0.29) is 17.9 Å². The van der Waals surface area contributed by atoms with Gasteiger partial charge < -0.3 is 11.5 Å². The van der Waals surface area contributed by atoms with Crippen LogP contribution in [0, 0.1) is 0 Å². The highest BCUT2D eigenvalue weighted by Crippen LogP contribution is 2.03. The van der Waals surface area contributed by atoms with Crippen LogP contribution in [0.2, 0.25) is 0 Å². The molecule has 0 aliphatic heterocycles. The molecule has 0 fully saturated rings. The van der Waals surface area contributed by atoms with Crippen molar-refractivity contribution < 1.29 is 9.42 Å². The fourth-order valence-electron chi connectivity index (χ4n) is 0.501. The monoisotopic (exact) mass is 142 g/mol. The third-order valence-electron chi connectivity index (χ3n) is 0.928. The molecule has 1 amide bonds. The minimum absolute atomic E-state index is 0.0324. The fraction of sp³-hybridized carbons (Fsp3) is 0.250. The van der Waals surface area contributed by atoms with Gasteiger partial charge in [-0.3, -0.25) is 4.79 Å². The first-order valence-corrected chi connectivity index (χ1v) is 2.55. The van der Waals surface area contributed by atoms with Gasteiger partial charge in [0, 0.05) is 0 Å². The van der Waals surface area contributed by atoms with Crippen LogP contribution in [0.4, 0.5) is 5.82 Å². The quantitative estimate of drug-likeness (QED) is 0.532. The Hall–Kier alpha value is -1.59. The van der Waals surface area contributed by atoms with Crippen molar-refractivity contribution in [3.05, 3.63) is 5.69 Å². The zero-order valence-electron chi connectivity index (χ0n) is 5.07. The minimum atomic E-state index is -0.512. The molecule has 0 aromatic carbocycles. The van der Waals surface area contributed by atoms with Crippen molar-refractivity contribution in [2.45, 2.75) is 6.42 Å². The van der Waals surface area contributed by atoms with Crippen LogP contribution in [-0.2, 0) is 11.2 Å². The molecule has 1 heterocycles. The number of hydrogen-bond donors (Lipinski definition) is 2. The average Bonchev–Trinajstić information content (AvgIpc) is 2.15. The number of anilines is 1. The molecule has 0 unspecified atom stereocenters. The van der Waals surface area contributed by atoms with E-state index in [0.29, 0.717) is 0 Å². The predicted octanol–water partition coefficient (Wildman–Crippen LogP) is -1.32. The van der Waals surface area contributed by atoms with Crippen molar-refractivity contribution >= 4 is 11.7 Å². The molecule has 54 valence electrons. The molecule has 0 saturated heterocycles. The van der Waals surface area contributed by atoms with Crippen LogP contribution < -0.4 is 11.5 Å². The highest BCUT2D eigenvalue weighted by molar-refractivity contribution is 5.77. The molecule has 1 aromatic rings. The topological polar surface area (TPSA) is 108 Å². The van der Waals surface area contributed by atoms with Gasteiger partial charge in [0.05, 0.1) is 6.42 Å². The zero-order valence-corrected chi connectivity index (χ0v) is 5.07. The zero-order chi connectivity index (χ0) is 7.56. The number of hydrogen-bond acceptors (Lipinski definition) is 5. The van der Waals surface area contributed by atoms with Crippen LogP contribution in [0.25, 0.3) is 0 Å². The normalized spacial score (nSPS) is 9.60. The molecule has 0 aliphatic rings. The maximum atomic E-state index is 10.3. The second-order valence-corrected chi connectivity index (χ2v) is 1.74. The lowest BCUT2D eigenvalue weighted by molar-refractivity contribution is -0.117. The van der Waals surface area contributed by atoms with Crippen LogP contribution >= 0.6 is 0 Å². The van der Waals surface area contributed by atoms with E-state index in [1.807, 2.05) is 0 Å². The predicted molar refractivity (Wildman–Crippen MR) is 31.6 cm³/mol. The van der Waals surface area contributed by atoms with Gasteiger partial charge in [0.25, 0.3) is 0 Å². The van der Waals surface area contributed by atoms with Gasteiger partial charge in [0.1, 0.15) is 5.69 Å². The van der Waals surface area contributed by atoms with Gasteiger partial charge in [-0.1, -0.05) is 5.16 Å². The lowest BCUT2D eigenvalue weighted by Crippen LogP contribution is -2.14. The van der Waals surface area contributed by atoms with Crippen molar-refractivity contribution in [2.75, 3.05) is 5.73 Å². The van der Waals surface area contributed by atoms with Crippen molar-refractivity contribution in [2.24, 2.45) is 5.73 Å². The molecule has 0 spiro atoms. The van der Waals surface area contributed by atoms with Gasteiger partial charge in [-0.15, -0.1) is 0 Å². The number of nitrogen functional groups attached to an aromatic ring is 1. The van der Waals surface area contributed by atoms with Crippen LogP contribution in [0.3, 0.4) is 0 Å². The van der Waals surface area contributed by atoms with Gasteiger partial charge >= 0.3 is 0 Å². The summed E-state index contributed by atoms with van der Waals surface area (Å²) in [4.78, 5) is 10.3. The molecule has 0 aliphatic carbocycles. The van der Waals surface area contributed by atoms with E-state index in [0.717, 1.165) is 0 Å². The number of aromatic nitrogens is 2. The minimum Gasteiger partial charge on any atom is -0.379 e. The lowest BCUT2D eigenvalue weighted by atomic mass is 10.3. The van der Waals surface area contributed by atoms with E-state index in [2.05, 4.69) is 14.9 Å². The summed E-state index contributed by atoms with van der Waals surface area (Å²) in [5.41, 5.74) is 10.3. The van der Waals surface area contributed by atoms with Crippen molar-refractivity contribution in [3.63, 3.8) is 0 Å². The van der Waals surface area contributed by atoms with Crippen LogP contribution in [-0.4, -0.2) is 16.2 Å². The summed E-state index contributed by atoms with van der Waals surface area (Å²) < 4.78 is 4.21. The molecule has 0 radical (unpaired) electrons. The maximum Gasteiger partial charge on any atom is 0.223 e. The smallest absolute Gasteiger partial charge is 0.223 e. The van der Waals surface area contributed by atoms with E-state index in [4.69, 9.17) is 11.5 Å². The van der Waals surface area contributed by atoms with Crippen LogP contribution in [0.15, 0.2) is 4.63 Å². The first-order chi connectivity index (χ1) is 4.70. The third-order valence-corrected chi connectivity index (χ3v) is 0.928. The van der Waals surface area contributed by atoms with Crippen molar-refractivity contribution in [3.8, 4) is 0 Å².